The lowest BCUT2D eigenvalue weighted by Gasteiger charge is -2.28. The first-order valence-electron chi connectivity index (χ1n) is 10.9. The average Bonchev–Trinajstić information content (AvgIpc) is 3.12. The highest BCUT2D eigenvalue weighted by molar-refractivity contribution is 8.18. The standard InChI is InChI=1S/C24H23F2N3O6S/c1-33-19-12-15(2-7-18(19)35-23(25)26)13-20-22(31)29(24(32)36-20)14-21(30)27-16-3-5-17(6-4-16)28-8-10-34-11-9-28/h2-7,12-13,23H,8-11,14H2,1H3,(H,27,30)/b20-13-. The maximum Gasteiger partial charge on any atom is 0.387 e. The Labute approximate surface area is 210 Å². The fourth-order valence-electron chi connectivity index (χ4n) is 3.68. The summed E-state index contributed by atoms with van der Waals surface area (Å²) in [4.78, 5) is 40.8. The van der Waals surface area contributed by atoms with Crippen molar-refractivity contribution in [1.82, 2.24) is 4.90 Å². The van der Waals surface area contributed by atoms with Crippen molar-refractivity contribution in [2.75, 3.05) is 50.2 Å². The van der Waals surface area contributed by atoms with Gasteiger partial charge in [0.2, 0.25) is 5.91 Å². The van der Waals surface area contributed by atoms with Gasteiger partial charge in [0.25, 0.3) is 11.1 Å². The van der Waals surface area contributed by atoms with Crippen LogP contribution in [-0.4, -0.2) is 68.5 Å². The Kier molecular flexibility index (Phi) is 8.06. The van der Waals surface area contributed by atoms with Crippen molar-refractivity contribution in [3.63, 3.8) is 0 Å². The zero-order valence-electron chi connectivity index (χ0n) is 19.2. The zero-order chi connectivity index (χ0) is 25.7. The van der Waals surface area contributed by atoms with Crippen LogP contribution in [0, 0.1) is 0 Å². The van der Waals surface area contributed by atoms with Crippen LogP contribution in [0.25, 0.3) is 6.08 Å². The summed E-state index contributed by atoms with van der Waals surface area (Å²) in [6.07, 6.45) is 1.42. The number of rotatable bonds is 8. The Morgan fingerprint density at radius 3 is 2.53 bits per heavy atom. The summed E-state index contributed by atoms with van der Waals surface area (Å²) < 4.78 is 39.8. The number of methoxy groups -OCH3 is 1. The minimum absolute atomic E-state index is 0.0438. The summed E-state index contributed by atoms with van der Waals surface area (Å²) in [5.41, 5.74) is 1.99. The van der Waals surface area contributed by atoms with Crippen molar-refractivity contribution in [1.29, 1.82) is 0 Å². The first-order valence-corrected chi connectivity index (χ1v) is 11.8. The van der Waals surface area contributed by atoms with Crippen LogP contribution >= 0.6 is 11.8 Å². The van der Waals surface area contributed by atoms with Crippen LogP contribution in [0.4, 0.5) is 25.0 Å². The van der Waals surface area contributed by atoms with Crippen LogP contribution in [0.3, 0.4) is 0 Å². The van der Waals surface area contributed by atoms with Gasteiger partial charge in [-0.15, -0.1) is 0 Å². The molecule has 2 fully saturated rings. The molecule has 36 heavy (non-hydrogen) atoms. The number of hydrogen-bond acceptors (Lipinski definition) is 8. The third kappa shape index (κ3) is 6.13. The molecule has 0 saturated carbocycles. The van der Waals surface area contributed by atoms with Crippen molar-refractivity contribution in [2.45, 2.75) is 6.61 Å². The Morgan fingerprint density at radius 2 is 1.86 bits per heavy atom. The molecule has 9 nitrogen and oxygen atoms in total. The molecular formula is C24H23F2N3O6S. The molecule has 0 unspecified atom stereocenters. The van der Waals surface area contributed by atoms with Crippen LogP contribution < -0.4 is 19.7 Å². The van der Waals surface area contributed by atoms with E-state index in [1.165, 1.54) is 31.4 Å². The van der Waals surface area contributed by atoms with Gasteiger partial charge in [-0.05, 0) is 59.8 Å². The van der Waals surface area contributed by atoms with E-state index in [1.807, 2.05) is 12.1 Å². The Bertz CT molecular complexity index is 1170. The number of carbonyl (C=O) groups excluding carboxylic acids is 3. The lowest BCUT2D eigenvalue weighted by atomic mass is 10.2. The maximum absolute atomic E-state index is 12.8. The number of benzene rings is 2. The molecular weight excluding hydrogens is 496 g/mol. The van der Waals surface area contributed by atoms with E-state index in [1.54, 1.807) is 12.1 Å². The molecule has 12 heteroatoms. The Hall–Kier alpha value is -3.64. The van der Waals surface area contributed by atoms with Crippen LogP contribution in [0.2, 0.25) is 0 Å². The van der Waals surface area contributed by atoms with E-state index in [0.29, 0.717) is 36.2 Å². The highest BCUT2D eigenvalue weighted by Gasteiger charge is 2.36. The quantitative estimate of drug-likeness (QED) is 0.526. The summed E-state index contributed by atoms with van der Waals surface area (Å²) >= 11 is 0.682. The molecule has 0 bridgehead atoms. The highest BCUT2D eigenvalue weighted by Crippen LogP contribution is 2.35. The molecule has 2 aromatic rings. The van der Waals surface area contributed by atoms with Crippen LogP contribution in [0.15, 0.2) is 47.4 Å². The molecule has 190 valence electrons. The van der Waals surface area contributed by atoms with Gasteiger partial charge in [0.1, 0.15) is 6.54 Å². The van der Waals surface area contributed by atoms with Gasteiger partial charge in [-0.1, -0.05) is 6.07 Å². The number of halogens is 2. The molecule has 2 aliphatic rings. The Balaban J connectivity index is 1.38. The van der Waals surface area contributed by atoms with E-state index < -0.39 is 30.2 Å². The van der Waals surface area contributed by atoms with Crippen molar-refractivity contribution in [2.24, 2.45) is 0 Å². The number of ether oxygens (including phenoxy) is 3. The van der Waals surface area contributed by atoms with Gasteiger partial charge in [0, 0.05) is 24.5 Å². The van der Waals surface area contributed by atoms with E-state index in [0.717, 1.165) is 23.7 Å². The smallest absolute Gasteiger partial charge is 0.387 e. The minimum Gasteiger partial charge on any atom is -0.493 e. The molecule has 0 aromatic heterocycles. The van der Waals surface area contributed by atoms with Gasteiger partial charge in [-0.3, -0.25) is 19.3 Å². The fourth-order valence-corrected chi connectivity index (χ4v) is 4.51. The molecule has 1 N–H and O–H groups in total. The molecule has 0 radical (unpaired) electrons. The summed E-state index contributed by atoms with van der Waals surface area (Å²) in [5.74, 6) is -1.27. The summed E-state index contributed by atoms with van der Waals surface area (Å²) in [6, 6.07) is 11.4. The molecule has 2 heterocycles. The number of nitrogens with one attached hydrogen (secondary N) is 1. The topological polar surface area (TPSA) is 97.4 Å². The van der Waals surface area contributed by atoms with Gasteiger partial charge < -0.3 is 24.4 Å². The van der Waals surface area contributed by atoms with E-state index in [4.69, 9.17) is 9.47 Å². The number of thioether (sulfide) groups is 1. The van der Waals surface area contributed by atoms with Gasteiger partial charge in [-0.25, -0.2) is 0 Å². The Morgan fingerprint density at radius 1 is 1.14 bits per heavy atom. The maximum atomic E-state index is 12.8. The number of nitrogens with zero attached hydrogens (tertiary/aromatic N) is 2. The second-order valence-corrected chi connectivity index (χ2v) is 8.74. The number of imide groups is 1. The molecule has 3 amide bonds. The monoisotopic (exact) mass is 519 g/mol. The first-order chi connectivity index (χ1) is 17.3. The molecule has 2 aromatic carbocycles. The van der Waals surface area contributed by atoms with Gasteiger partial charge in [-0.2, -0.15) is 8.78 Å². The zero-order valence-corrected chi connectivity index (χ0v) is 20.1. The molecule has 4 rings (SSSR count). The van der Waals surface area contributed by atoms with Crippen molar-refractivity contribution < 1.29 is 37.4 Å². The first kappa shape index (κ1) is 25.5. The number of amides is 3. The predicted molar refractivity (Wildman–Crippen MR) is 130 cm³/mol. The van der Waals surface area contributed by atoms with Crippen molar-refractivity contribution in [3.8, 4) is 11.5 Å². The second-order valence-electron chi connectivity index (χ2n) is 7.75. The molecule has 2 saturated heterocycles. The van der Waals surface area contributed by atoms with E-state index >= 15 is 0 Å². The predicted octanol–water partition coefficient (Wildman–Crippen LogP) is 3.81. The fraction of sp³-hybridized carbons (Fsp3) is 0.292. The van der Waals surface area contributed by atoms with Gasteiger partial charge in [0.05, 0.1) is 25.2 Å². The SMILES string of the molecule is COc1cc(/C=C2\SC(=O)N(CC(=O)Nc3ccc(N4CCOCC4)cc3)C2=O)ccc1OC(F)F. The normalized spacial score (nSPS) is 17.2. The average molecular weight is 520 g/mol. The lowest BCUT2D eigenvalue weighted by Crippen LogP contribution is -2.36. The summed E-state index contributed by atoms with van der Waals surface area (Å²) in [7, 11) is 1.29. The number of carbonyl (C=O) groups is 3. The van der Waals surface area contributed by atoms with E-state index in [2.05, 4.69) is 15.0 Å². The molecule has 2 aliphatic heterocycles. The van der Waals surface area contributed by atoms with Gasteiger partial charge in [0.15, 0.2) is 11.5 Å². The summed E-state index contributed by atoms with van der Waals surface area (Å²) in [6.45, 7) is -0.557. The van der Waals surface area contributed by atoms with Crippen molar-refractivity contribution >= 4 is 46.3 Å². The number of hydrogen-bond donors (Lipinski definition) is 1. The highest BCUT2D eigenvalue weighted by atomic mass is 32.2. The van der Waals surface area contributed by atoms with E-state index in [9.17, 15) is 23.2 Å². The third-order valence-corrected chi connectivity index (χ3v) is 6.31. The minimum atomic E-state index is -3.02. The third-order valence-electron chi connectivity index (χ3n) is 5.40. The van der Waals surface area contributed by atoms with Crippen LogP contribution in [0.1, 0.15) is 5.56 Å². The molecule has 0 atom stereocenters. The van der Waals surface area contributed by atoms with Gasteiger partial charge >= 0.3 is 6.61 Å². The van der Waals surface area contributed by atoms with E-state index in [-0.39, 0.29) is 16.4 Å². The number of alkyl halides is 2. The largest absolute Gasteiger partial charge is 0.493 e. The number of morpholine rings is 1. The molecule has 0 spiro atoms. The van der Waals surface area contributed by atoms with Crippen molar-refractivity contribution in [3.05, 3.63) is 52.9 Å². The second kappa shape index (κ2) is 11.4. The number of anilines is 2. The lowest BCUT2D eigenvalue weighted by molar-refractivity contribution is -0.127. The summed E-state index contributed by atoms with van der Waals surface area (Å²) in [5, 5.41) is 2.10. The molecule has 0 aliphatic carbocycles. The van der Waals surface area contributed by atoms with Crippen LogP contribution in [0.5, 0.6) is 11.5 Å². The van der Waals surface area contributed by atoms with Crippen LogP contribution in [-0.2, 0) is 14.3 Å².